The first-order valence-corrected chi connectivity index (χ1v) is 13.6. The summed E-state index contributed by atoms with van der Waals surface area (Å²) in [4.78, 5) is 12.9. The Labute approximate surface area is 194 Å². The molecule has 1 atom stereocenters. The Hall–Kier alpha value is -2.34. The lowest BCUT2D eigenvalue weighted by molar-refractivity contribution is -0.120. The Morgan fingerprint density at radius 3 is 2.15 bits per heavy atom. The highest BCUT2D eigenvalue weighted by Crippen LogP contribution is 2.25. The van der Waals surface area contributed by atoms with Crippen LogP contribution in [-0.2, 0) is 24.8 Å². The van der Waals surface area contributed by atoms with E-state index in [1.54, 1.807) is 13.8 Å². The molecule has 1 aliphatic heterocycles. The molecule has 1 heterocycles. The van der Waals surface area contributed by atoms with Gasteiger partial charge in [0.1, 0.15) is 5.82 Å². The molecule has 1 N–H and O–H groups in total. The van der Waals surface area contributed by atoms with Crippen LogP contribution in [0.4, 0.5) is 10.1 Å². The molecule has 0 unspecified atom stereocenters. The number of halogens is 1. The summed E-state index contributed by atoms with van der Waals surface area (Å²) < 4.78 is 66.7. The monoisotopic (exact) mass is 497 g/mol. The lowest BCUT2D eigenvalue weighted by Crippen LogP contribution is -2.43. The minimum Gasteiger partial charge on any atom is -0.326 e. The molecule has 1 saturated heterocycles. The summed E-state index contributed by atoms with van der Waals surface area (Å²) >= 11 is 0. The highest BCUT2D eigenvalue weighted by Gasteiger charge is 2.33. The molecular weight excluding hydrogens is 469 g/mol. The van der Waals surface area contributed by atoms with Crippen molar-refractivity contribution in [2.45, 2.75) is 36.5 Å². The van der Waals surface area contributed by atoms with E-state index in [0.717, 1.165) is 12.1 Å². The molecule has 3 rings (SSSR count). The van der Waals surface area contributed by atoms with Gasteiger partial charge in [0.05, 0.1) is 15.7 Å². The third-order valence-corrected chi connectivity index (χ3v) is 9.61. The third-order valence-electron chi connectivity index (χ3n) is 5.67. The Kier molecular flexibility index (Phi) is 7.88. The summed E-state index contributed by atoms with van der Waals surface area (Å²) in [7, 11) is -7.43. The normalized spacial score (nSPS) is 17.8. The van der Waals surface area contributed by atoms with Gasteiger partial charge >= 0.3 is 0 Å². The van der Waals surface area contributed by atoms with E-state index in [0.29, 0.717) is 31.6 Å². The summed E-state index contributed by atoms with van der Waals surface area (Å²) in [5.74, 6) is -1.43. The quantitative estimate of drug-likeness (QED) is 0.604. The molecule has 0 saturated carbocycles. The van der Waals surface area contributed by atoms with Gasteiger partial charge in [-0.3, -0.25) is 4.79 Å². The Bertz CT molecular complexity index is 1180. The molecule has 33 heavy (non-hydrogen) atoms. The maximum Gasteiger partial charge on any atom is 0.243 e. The summed E-state index contributed by atoms with van der Waals surface area (Å²) in [6, 6.07) is 10.5. The van der Waals surface area contributed by atoms with Gasteiger partial charge in [0.25, 0.3) is 0 Å². The summed E-state index contributed by atoms with van der Waals surface area (Å²) in [6.45, 7) is 4.53. The van der Waals surface area contributed by atoms with Crippen LogP contribution in [0.5, 0.6) is 0 Å². The number of hydrogen-bond acceptors (Lipinski definition) is 5. The average molecular weight is 498 g/mol. The number of benzene rings is 2. The van der Waals surface area contributed by atoms with Gasteiger partial charge in [0.15, 0.2) is 0 Å². The van der Waals surface area contributed by atoms with Crippen molar-refractivity contribution in [3.63, 3.8) is 0 Å². The first-order valence-electron chi connectivity index (χ1n) is 10.8. The number of nitrogens with zero attached hydrogens (tertiary/aromatic N) is 2. The van der Waals surface area contributed by atoms with Crippen LogP contribution in [0, 0.1) is 11.7 Å². The number of hydrogen-bond donors (Lipinski definition) is 1. The topological polar surface area (TPSA) is 104 Å². The van der Waals surface area contributed by atoms with Crippen LogP contribution < -0.4 is 5.32 Å². The maximum absolute atomic E-state index is 13.2. The van der Waals surface area contributed by atoms with E-state index >= 15 is 0 Å². The zero-order chi connectivity index (χ0) is 24.2. The number of carbonyl (C=O) groups is 1. The molecule has 2 aromatic carbocycles. The lowest BCUT2D eigenvalue weighted by Gasteiger charge is -2.31. The van der Waals surface area contributed by atoms with E-state index in [9.17, 15) is 26.0 Å². The predicted molar refractivity (Wildman–Crippen MR) is 123 cm³/mol. The number of carbonyl (C=O) groups excluding carboxylic acids is 1. The molecule has 1 aliphatic rings. The van der Waals surface area contributed by atoms with Gasteiger partial charge < -0.3 is 5.32 Å². The first kappa shape index (κ1) is 25.3. The van der Waals surface area contributed by atoms with Crippen molar-refractivity contribution in [2.24, 2.45) is 5.92 Å². The Balaban J connectivity index is 1.68. The molecule has 0 aromatic heterocycles. The largest absolute Gasteiger partial charge is 0.326 e. The van der Waals surface area contributed by atoms with E-state index in [-0.39, 0.29) is 28.8 Å². The van der Waals surface area contributed by atoms with Crippen LogP contribution in [0.25, 0.3) is 0 Å². The molecule has 180 valence electrons. The molecule has 1 amide bonds. The number of amides is 1. The van der Waals surface area contributed by atoms with Gasteiger partial charge in [0.2, 0.25) is 26.0 Å². The predicted octanol–water partition coefficient (Wildman–Crippen LogP) is 2.90. The van der Waals surface area contributed by atoms with Crippen molar-refractivity contribution in [1.29, 1.82) is 0 Å². The fraction of sp³-hybridized carbons (Fsp3) is 0.409. The summed E-state index contributed by atoms with van der Waals surface area (Å²) in [6.07, 6.45) is 1.04. The van der Waals surface area contributed by atoms with Crippen LogP contribution in [-0.4, -0.2) is 57.5 Å². The van der Waals surface area contributed by atoms with Crippen molar-refractivity contribution in [3.05, 3.63) is 54.3 Å². The summed E-state index contributed by atoms with van der Waals surface area (Å²) in [5, 5.41) is 2.75. The third kappa shape index (κ3) is 5.60. The molecule has 11 heteroatoms. The molecule has 0 bridgehead atoms. The second-order valence-electron chi connectivity index (χ2n) is 7.76. The van der Waals surface area contributed by atoms with E-state index < -0.39 is 31.8 Å². The standard InChI is InChI=1S/C22H28FN3O5S2/c1-3-25(4-2)32(28,29)21-13-9-19(10-14-21)24-22(27)17-6-5-15-26(16-17)33(30,31)20-11-7-18(23)8-12-20/h7-14,17H,3-6,15-16H2,1-2H3,(H,24,27)/t17-/m0/s1. The molecular formula is C22H28FN3O5S2. The van der Waals surface area contributed by atoms with E-state index in [4.69, 9.17) is 0 Å². The molecule has 1 fully saturated rings. The van der Waals surface area contributed by atoms with Crippen LogP contribution >= 0.6 is 0 Å². The van der Waals surface area contributed by atoms with Crippen molar-refractivity contribution in [1.82, 2.24) is 8.61 Å². The first-order chi connectivity index (χ1) is 15.6. The molecule has 0 radical (unpaired) electrons. The Morgan fingerprint density at radius 2 is 1.58 bits per heavy atom. The number of nitrogens with one attached hydrogen (secondary N) is 1. The number of anilines is 1. The zero-order valence-electron chi connectivity index (χ0n) is 18.6. The van der Waals surface area contributed by atoms with E-state index in [2.05, 4.69) is 5.32 Å². The SMILES string of the molecule is CCN(CC)S(=O)(=O)c1ccc(NC(=O)[C@H]2CCCN(S(=O)(=O)c3ccc(F)cc3)C2)cc1. The van der Waals surface area contributed by atoms with Crippen LogP contribution in [0.2, 0.25) is 0 Å². The average Bonchev–Trinajstić information content (AvgIpc) is 2.80. The van der Waals surface area contributed by atoms with Crippen molar-refractivity contribution in [2.75, 3.05) is 31.5 Å². The minimum atomic E-state index is -3.84. The number of sulfonamides is 2. The highest BCUT2D eigenvalue weighted by molar-refractivity contribution is 7.89. The van der Waals surface area contributed by atoms with Gasteiger partial charge in [-0.05, 0) is 61.4 Å². The van der Waals surface area contributed by atoms with Crippen molar-refractivity contribution in [3.8, 4) is 0 Å². The molecule has 2 aromatic rings. The molecule has 0 aliphatic carbocycles. The zero-order valence-corrected chi connectivity index (χ0v) is 20.2. The maximum atomic E-state index is 13.2. The second-order valence-corrected chi connectivity index (χ2v) is 11.6. The highest BCUT2D eigenvalue weighted by atomic mass is 32.2. The molecule has 0 spiro atoms. The fourth-order valence-electron chi connectivity index (χ4n) is 3.80. The number of rotatable bonds is 8. The lowest BCUT2D eigenvalue weighted by atomic mass is 9.99. The molecule has 8 nitrogen and oxygen atoms in total. The van der Waals surface area contributed by atoms with Gasteiger partial charge in [-0.15, -0.1) is 0 Å². The minimum absolute atomic E-state index is 0.0139. The second kappa shape index (κ2) is 10.3. The van der Waals surface area contributed by atoms with Crippen LogP contribution in [0.15, 0.2) is 58.3 Å². The van der Waals surface area contributed by atoms with E-state index in [1.807, 2.05) is 0 Å². The van der Waals surface area contributed by atoms with Crippen LogP contribution in [0.1, 0.15) is 26.7 Å². The Morgan fingerprint density at radius 1 is 1.00 bits per heavy atom. The number of piperidine rings is 1. The fourth-order valence-corrected chi connectivity index (χ4v) is 6.78. The van der Waals surface area contributed by atoms with Crippen LogP contribution in [0.3, 0.4) is 0 Å². The van der Waals surface area contributed by atoms with Gasteiger partial charge in [-0.1, -0.05) is 13.8 Å². The van der Waals surface area contributed by atoms with Gasteiger partial charge in [0, 0.05) is 31.9 Å². The summed E-state index contributed by atoms with van der Waals surface area (Å²) in [5.41, 5.74) is 0.428. The van der Waals surface area contributed by atoms with Gasteiger partial charge in [-0.25, -0.2) is 21.2 Å². The van der Waals surface area contributed by atoms with Crippen molar-refractivity contribution < 1.29 is 26.0 Å². The van der Waals surface area contributed by atoms with Gasteiger partial charge in [-0.2, -0.15) is 8.61 Å². The van der Waals surface area contributed by atoms with E-state index in [1.165, 1.54) is 45.0 Å². The van der Waals surface area contributed by atoms with Crippen molar-refractivity contribution >= 4 is 31.6 Å². The smallest absolute Gasteiger partial charge is 0.243 e.